The monoisotopic (exact) mass is 327 g/mol. The van der Waals surface area contributed by atoms with E-state index in [1.165, 1.54) is 11.3 Å². The van der Waals surface area contributed by atoms with Gasteiger partial charge in [-0.3, -0.25) is 4.79 Å². The van der Waals surface area contributed by atoms with Crippen molar-refractivity contribution < 1.29 is 9.21 Å². The normalized spacial score (nSPS) is 12.0. The zero-order valence-corrected chi connectivity index (χ0v) is 13.3. The first-order chi connectivity index (χ1) is 11.2. The Morgan fingerprint density at radius 3 is 2.74 bits per heavy atom. The highest BCUT2D eigenvalue weighted by Gasteiger charge is 2.20. The summed E-state index contributed by atoms with van der Waals surface area (Å²) in [6, 6.07) is 13.6. The largest absolute Gasteiger partial charge is 0.469 e. The molecule has 0 aliphatic carbocycles. The smallest absolute Gasteiger partial charge is 0.221 e. The van der Waals surface area contributed by atoms with E-state index in [4.69, 9.17) is 10.2 Å². The zero-order chi connectivity index (χ0) is 16.1. The van der Waals surface area contributed by atoms with E-state index in [2.05, 4.69) is 10.3 Å². The van der Waals surface area contributed by atoms with Crippen LogP contribution in [0.4, 0.5) is 5.13 Å². The van der Waals surface area contributed by atoms with Gasteiger partial charge in [0.05, 0.1) is 24.4 Å². The van der Waals surface area contributed by atoms with Crippen LogP contribution in [-0.4, -0.2) is 10.9 Å². The number of amides is 1. The molecule has 5 nitrogen and oxygen atoms in total. The van der Waals surface area contributed by atoms with E-state index in [0.717, 1.165) is 17.0 Å². The van der Waals surface area contributed by atoms with Crippen molar-refractivity contribution >= 4 is 22.4 Å². The number of furan rings is 1. The average molecular weight is 327 g/mol. The summed E-state index contributed by atoms with van der Waals surface area (Å²) in [5, 5.41) is 5.23. The summed E-state index contributed by atoms with van der Waals surface area (Å²) in [4.78, 5) is 16.4. The molecule has 0 saturated heterocycles. The summed E-state index contributed by atoms with van der Waals surface area (Å²) in [5.41, 5.74) is 7.41. The molecule has 0 aliphatic rings. The van der Waals surface area contributed by atoms with E-state index < -0.39 is 0 Å². The zero-order valence-electron chi connectivity index (χ0n) is 12.4. The van der Waals surface area contributed by atoms with Gasteiger partial charge in [-0.2, -0.15) is 0 Å². The van der Waals surface area contributed by atoms with Gasteiger partial charge in [-0.25, -0.2) is 4.98 Å². The van der Waals surface area contributed by atoms with E-state index >= 15 is 0 Å². The van der Waals surface area contributed by atoms with Crippen LogP contribution in [0.3, 0.4) is 0 Å². The predicted octanol–water partition coefficient (Wildman–Crippen LogP) is 3.16. The Morgan fingerprint density at radius 1 is 1.26 bits per heavy atom. The summed E-state index contributed by atoms with van der Waals surface area (Å²) in [5.74, 6) is 0.623. The Hall–Kier alpha value is -2.60. The third-order valence-corrected chi connectivity index (χ3v) is 4.24. The number of carbonyl (C=O) groups excluding carboxylic acids is 1. The van der Waals surface area contributed by atoms with Gasteiger partial charge in [-0.05, 0) is 17.7 Å². The van der Waals surface area contributed by atoms with Gasteiger partial charge in [-0.1, -0.05) is 30.3 Å². The Balaban J connectivity index is 1.67. The van der Waals surface area contributed by atoms with Crippen molar-refractivity contribution in [3.05, 3.63) is 71.1 Å². The fourth-order valence-electron chi connectivity index (χ4n) is 2.41. The summed E-state index contributed by atoms with van der Waals surface area (Å²) in [6.45, 7) is 0.381. The van der Waals surface area contributed by atoms with E-state index in [1.54, 1.807) is 6.26 Å². The third-order valence-electron chi connectivity index (χ3n) is 3.51. The molecule has 0 fully saturated rings. The maximum absolute atomic E-state index is 12.3. The fraction of sp³-hybridized carbons (Fsp3) is 0.176. The molecule has 6 heteroatoms. The maximum atomic E-state index is 12.3. The average Bonchev–Trinajstić information content (AvgIpc) is 3.23. The first-order valence-electron chi connectivity index (χ1n) is 7.27. The molecule has 3 aromatic rings. The van der Waals surface area contributed by atoms with Crippen LogP contribution in [0.1, 0.15) is 29.4 Å². The second-order valence-corrected chi connectivity index (χ2v) is 6.03. The molecule has 0 radical (unpaired) electrons. The quantitative estimate of drug-likeness (QED) is 0.729. The topological polar surface area (TPSA) is 81.1 Å². The van der Waals surface area contributed by atoms with E-state index in [9.17, 15) is 4.79 Å². The molecular formula is C17H17N3O2S. The van der Waals surface area contributed by atoms with Crippen molar-refractivity contribution in [3.8, 4) is 0 Å². The molecule has 2 heterocycles. The number of rotatable bonds is 6. The molecule has 2 aromatic heterocycles. The first-order valence-corrected chi connectivity index (χ1v) is 8.15. The fourth-order valence-corrected chi connectivity index (χ4v) is 2.97. The molecule has 0 bridgehead atoms. The van der Waals surface area contributed by atoms with Crippen molar-refractivity contribution in [1.82, 2.24) is 10.3 Å². The lowest BCUT2D eigenvalue weighted by molar-refractivity contribution is -0.121. The number of carbonyl (C=O) groups is 1. The van der Waals surface area contributed by atoms with Gasteiger partial charge in [0.1, 0.15) is 5.76 Å². The Kier molecular flexibility index (Phi) is 4.73. The van der Waals surface area contributed by atoms with Gasteiger partial charge in [0.25, 0.3) is 0 Å². The van der Waals surface area contributed by atoms with Gasteiger partial charge >= 0.3 is 0 Å². The summed E-state index contributed by atoms with van der Waals surface area (Å²) >= 11 is 1.37. The van der Waals surface area contributed by atoms with Crippen LogP contribution in [-0.2, 0) is 11.3 Å². The molecule has 0 saturated carbocycles. The van der Waals surface area contributed by atoms with E-state index in [1.807, 2.05) is 47.8 Å². The molecule has 1 aromatic carbocycles. The van der Waals surface area contributed by atoms with E-state index in [-0.39, 0.29) is 11.8 Å². The van der Waals surface area contributed by atoms with Gasteiger partial charge in [0.15, 0.2) is 5.13 Å². The number of nitrogens with one attached hydrogen (secondary N) is 1. The van der Waals surface area contributed by atoms with Gasteiger partial charge in [0.2, 0.25) is 5.91 Å². The Morgan fingerprint density at radius 2 is 2.09 bits per heavy atom. The molecule has 0 unspecified atom stereocenters. The summed E-state index contributed by atoms with van der Waals surface area (Å²) in [7, 11) is 0. The second-order valence-electron chi connectivity index (χ2n) is 5.14. The third kappa shape index (κ3) is 3.98. The highest BCUT2D eigenvalue weighted by atomic mass is 32.1. The van der Waals surface area contributed by atoms with Crippen molar-refractivity contribution in [2.45, 2.75) is 18.9 Å². The van der Waals surface area contributed by atoms with Crippen molar-refractivity contribution in [3.63, 3.8) is 0 Å². The highest BCUT2D eigenvalue weighted by molar-refractivity contribution is 7.13. The number of aromatic nitrogens is 1. The number of benzene rings is 1. The van der Waals surface area contributed by atoms with Crippen LogP contribution in [0.2, 0.25) is 0 Å². The van der Waals surface area contributed by atoms with Crippen LogP contribution in [0.5, 0.6) is 0 Å². The molecule has 3 N–H and O–H groups in total. The molecule has 0 spiro atoms. The second kappa shape index (κ2) is 7.11. The minimum Gasteiger partial charge on any atom is -0.469 e. The van der Waals surface area contributed by atoms with Crippen LogP contribution in [0, 0.1) is 0 Å². The van der Waals surface area contributed by atoms with Crippen molar-refractivity contribution in [2.24, 2.45) is 0 Å². The maximum Gasteiger partial charge on any atom is 0.221 e. The minimum atomic E-state index is -0.105. The van der Waals surface area contributed by atoms with Crippen molar-refractivity contribution in [1.29, 1.82) is 0 Å². The number of hydrogen-bond acceptors (Lipinski definition) is 5. The number of anilines is 1. The number of nitrogen functional groups attached to an aromatic ring is 1. The highest BCUT2D eigenvalue weighted by Crippen LogP contribution is 2.28. The minimum absolute atomic E-state index is 0.0539. The molecule has 118 valence electrons. The number of nitrogens with zero attached hydrogens (tertiary/aromatic N) is 1. The van der Waals surface area contributed by atoms with E-state index in [0.29, 0.717) is 18.1 Å². The van der Waals surface area contributed by atoms with Crippen LogP contribution < -0.4 is 11.1 Å². The molecule has 3 rings (SSSR count). The van der Waals surface area contributed by atoms with Gasteiger partial charge < -0.3 is 15.5 Å². The lowest BCUT2D eigenvalue weighted by Gasteiger charge is -2.14. The summed E-state index contributed by atoms with van der Waals surface area (Å²) < 4.78 is 5.51. The van der Waals surface area contributed by atoms with Crippen LogP contribution >= 0.6 is 11.3 Å². The standard InChI is InChI=1S/C17H17N3O2S/c18-17-20-13(11-23-17)10-19-16(21)9-14(15-7-4-8-22-15)12-5-2-1-3-6-12/h1-8,11,14H,9-10H2,(H2,18,20)(H,19,21)/t14-/m0/s1. The molecule has 1 amide bonds. The van der Waals surface area contributed by atoms with Crippen LogP contribution in [0.15, 0.2) is 58.5 Å². The Labute approximate surface area is 138 Å². The van der Waals surface area contributed by atoms with Gasteiger partial charge in [-0.15, -0.1) is 11.3 Å². The lowest BCUT2D eigenvalue weighted by atomic mass is 9.93. The first kappa shape index (κ1) is 15.3. The number of hydrogen-bond donors (Lipinski definition) is 2. The lowest BCUT2D eigenvalue weighted by Crippen LogP contribution is -2.25. The molecular weight excluding hydrogens is 310 g/mol. The van der Waals surface area contributed by atoms with Gasteiger partial charge in [0, 0.05) is 11.8 Å². The molecule has 1 atom stereocenters. The van der Waals surface area contributed by atoms with Crippen LogP contribution in [0.25, 0.3) is 0 Å². The predicted molar refractivity (Wildman–Crippen MR) is 90.0 cm³/mol. The summed E-state index contributed by atoms with van der Waals surface area (Å²) in [6.07, 6.45) is 1.94. The number of nitrogens with two attached hydrogens (primary N) is 1. The molecule has 23 heavy (non-hydrogen) atoms. The number of thiazole rings is 1. The van der Waals surface area contributed by atoms with Crippen molar-refractivity contribution in [2.75, 3.05) is 5.73 Å². The molecule has 0 aliphatic heterocycles. The SMILES string of the molecule is Nc1nc(CNC(=O)C[C@@H](c2ccccc2)c2ccco2)cs1. The Bertz CT molecular complexity index is 753.